The van der Waals surface area contributed by atoms with Gasteiger partial charge in [0.25, 0.3) is 0 Å². The summed E-state index contributed by atoms with van der Waals surface area (Å²) in [4.78, 5) is 20.5. The number of rotatable bonds is 17. The highest BCUT2D eigenvalue weighted by Crippen LogP contribution is 2.25. The minimum absolute atomic E-state index is 0.254. The summed E-state index contributed by atoms with van der Waals surface area (Å²) in [5.74, 6) is 2.01. The topological polar surface area (TPSA) is 70.5 Å². The number of unbranched alkanes of at least 4 members (excludes halogenated alkanes) is 8. The molecule has 1 aromatic heterocycles. The van der Waals surface area contributed by atoms with Gasteiger partial charge in [-0.05, 0) is 35.6 Å². The van der Waals surface area contributed by atoms with Crippen LogP contribution in [0.3, 0.4) is 0 Å². The van der Waals surface area contributed by atoms with Gasteiger partial charge in [0, 0.05) is 5.56 Å². The Balaban J connectivity index is 1.40. The summed E-state index contributed by atoms with van der Waals surface area (Å²) < 4.78 is 16.2. The fourth-order valence-corrected chi connectivity index (χ4v) is 4.13. The second kappa shape index (κ2) is 17.2. The van der Waals surface area contributed by atoms with Crippen LogP contribution in [0.15, 0.2) is 60.9 Å². The van der Waals surface area contributed by atoms with E-state index in [1.54, 1.807) is 0 Å². The van der Waals surface area contributed by atoms with Gasteiger partial charge < -0.3 is 14.2 Å². The first-order valence-corrected chi connectivity index (χ1v) is 14.6. The second-order valence-electron chi connectivity index (χ2n) is 10.2. The highest BCUT2D eigenvalue weighted by molar-refractivity contribution is 5.68. The maximum absolute atomic E-state index is 11.8. The summed E-state index contributed by atoms with van der Waals surface area (Å²) >= 11 is 0. The lowest BCUT2D eigenvalue weighted by atomic mass is 10.0. The summed E-state index contributed by atoms with van der Waals surface area (Å²) in [7, 11) is 0. The molecule has 6 heteroatoms. The zero-order valence-electron chi connectivity index (χ0n) is 23.9. The van der Waals surface area contributed by atoms with Crippen LogP contribution in [0, 0.1) is 5.92 Å². The molecule has 0 radical (unpaired) electrons. The van der Waals surface area contributed by atoms with Crippen molar-refractivity contribution in [3.63, 3.8) is 0 Å². The van der Waals surface area contributed by atoms with Crippen molar-refractivity contribution >= 4 is 6.16 Å². The van der Waals surface area contributed by atoms with E-state index in [-0.39, 0.29) is 5.75 Å². The third kappa shape index (κ3) is 11.1. The molecule has 0 spiro atoms. The predicted octanol–water partition coefficient (Wildman–Crippen LogP) is 9.28. The molecule has 3 rings (SSSR count). The Morgan fingerprint density at radius 3 is 1.85 bits per heavy atom. The van der Waals surface area contributed by atoms with Gasteiger partial charge in [-0.3, -0.25) is 0 Å². The van der Waals surface area contributed by atoms with Crippen LogP contribution < -0.4 is 9.47 Å². The van der Waals surface area contributed by atoms with Gasteiger partial charge in [0.15, 0.2) is 11.6 Å². The molecule has 0 fully saturated rings. The summed E-state index contributed by atoms with van der Waals surface area (Å²) in [6.45, 7) is 7.42. The average Bonchev–Trinajstić information content (AvgIpc) is 2.97. The van der Waals surface area contributed by atoms with Gasteiger partial charge in [0.1, 0.15) is 5.75 Å². The summed E-state index contributed by atoms with van der Waals surface area (Å²) in [5, 5.41) is 0. The molecule has 0 aliphatic carbocycles. The number of ether oxygens (including phenoxy) is 3. The summed E-state index contributed by atoms with van der Waals surface area (Å²) in [6.07, 6.45) is 15.0. The molecule has 39 heavy (non-hydrogen) atoms. The smallest absolute Gasteiger partial charge is 0.494 e. The van der Waals surface area contributed by atoms with Gasteiger partial charge in [-0.1, -0.05) is 115 Å². The molecule has 0 bridgehead atoms. The van der Waals surface area contributed by atoms with E-state index < -0.39 is 6.16 Å². The van der Waals surface area contributed by atoms with Gasteiger partial charge in [-0.25, -0.2) is 14.8 Å². The molecule has 6 nitrogen and oxygen atoms in total. The van der Waals surface area contributed by atoms with Crippen LogP contribution in [-0.4, -0.2) is 29.3 Å². The first-order valence-electron chi connectivity index (χ1n) is 14.6. The fraction of sp³-hybridized carbons (Fsp3) is 0.485. The summed E-state index contributed by atoms with van der Waals surface area (Å²) in [6, 6.07) is 16.3. The number of hydrogen-bond acceptors (Lipinski definition) is 6. The Hall–Kier alpha value is -3.41. The third-order valence-corrected chi connectivity index (χ3v) is 6.86. The lowest BCUT2D eigenvalue weighted by Gasteiger charge is -2.09. The monoisotopic (exact) mass is 532 g/mol. The molecular formula is C33H44N2O4. The molecule has 210 valence electrons. The van der Waals surface area contributed by atoms with E-state index in [0.717, 1.165) is 41.9 Å². The van der Waals surface area contributed by atoms with Crippen LogP contribution in [-0.2, 0) is 4.74 Å². The van der Waals surface area contributed by atoms with Crippen molar-refractivity contribution in [2.24, 2.45) is 5.92 Å². The molecule has 3 aromatic rings. The molecule has 0 amide bonds. The first kappa shape index (κ1) is 30.1. The number of carbonyl (C=O) groups excluding carboxylic acids is 1. The molecule has 0 aliphatic heterocycles. The largest absolute Gasteiger partial charge is 0.513 e. The van der Waals surface area contributed by atoms with E-state index in [4.69, 9.17) is 14.2 Å². The van der Waals surface area contributed by atoms with Crippen LogP contribution in [0.2, 0.25) is 0 Å². The second-order valence-corrected chi connectivity index (χ2v) is 10.2. The predicted molar refractivity (Wildman–Crippen MR) is 157 cm³/mol. The van der Waals surface area contributed by atoms with Crippen LogP contribution in [0.1, 0.15) is 85.0 Å². The number of hydrogen-bond donors (Lipinski definition) is 0. The van der Waals surface area contributed by atoms with Crippen molar-refractivity contribution in [2.45, 2.75) is 85.0 Å². The van der Waals surface area contributed by atoms with Crippen LogP contribution in [0.5, 0.6) is 11.5 Å². The maximum Gasteiger partial charge on any atom is 0.513 e. The van der Waals surface area contributed by atoms with Crippen molar-refractivity contribution in [3.8, 4) is 34.0 Å². The molecule has 0 saturated heterocycles. The standard InChI is InChI=1S/C33H44N2O4/c1-4-6-7-8-9-10-11-12-13-22-37-30-20-18-28(19-21-30)27-14-16-29(17-15-27)32-34-23-31(24-35-32)39-33(36)38-25-26(3)5-2/h14-21,23-24,26H,4-13,22,25H2,1-3H3/t26-/m0/s1. The third-order valence-electron chi connectivity index (χ3n) is 6.86. The summed E-state index contributed by atoms with van der Waals surface area (Å²) in [5.41, 5.74) is 3.11. The average molecular weight is 533 g/mol. The van der Waals surface area contributed by atoms with E-state index in [1.165, 1.54) is 63.8 Å². The first-order chi connectivity index (χ1) is 19.1. The Labute approximate surface area is 234 Å². The Morgan fingerprint density at radius 1 is 0.718 bits per heavy atom. The number of aromatic nitrogens is 2. The highest BCUT2D eigenvalue weighted by Gasteiger charge is 2.10. The van der Waals surface area contributed by atoms with Crippen LogP contribution in [0.4, 0.5) is 4.79 Å². The van der Waals surface area contributed by atoms with Gasteiger partial charge in [0.05, 0.1) is 25.6 Å². The lowest BCUT2D eigenvalue weighted by Crippen LogP contribution is -2.15. The maximum atomic E-state index is 11.8. The Bertz CT molecular complexity index is 1080. The zero-order chi connectivity index (χ0) is 27.7. The van der Waals surface area contributed by atoms with Gasteiger partial charge in [-0.2, -0.15) is 0 Å². The quantitative estimate of drug-likeness (QED) is 0.127. The molecular weight excluding hydrogens is 488 g/mol. The molecule has 2 aromatic carbocycles. The van der Waals surface area contributed by atoms with Gasteiger partial charge in [0.2, 0.25) is 0 Å². The zero-order valence-corrected chi connectivity index (χ0v) is 23.9. The van der Waals surface area contributed by atoms with E-state index in [9.17, 15) is 4.79 Å². The minimum Gasteiger partial charge on any atom is -0.494 e. The number of benzene rings is 2. The Kier molecular flexibility index (Phi) is 13.3. The van der Waals surface area contributed by atoms with E-state index in [2.05, 4.69) is 29.0 Å². The lowest BCUT2D eigenvalue weighted by molar-refractivity contribution is 0.0855. The SMILES string of the molecule is CCCCCCCCCCCOc1ccc(-c2ccc(-c3ncc(OC(=O)OC[C@@H](C)CC)cn3)cc2)cc1. The normalized spacial score (nSPS) is 11.7. The van der Waals surface area contributed by atoms with Gasteiger partial charge in [-0.15, -0.1) is 0 Å². The van der Waals surface area contributed by atoms with Crippen molar-refractivity contribution in [1.82, 2.24) is 9.97 Å². The molecule has 1 atom stereocenters. The van der Waals surface area contributed by atoms with E-state index in [0.29, 0.717) is 18.3 Å². The van der Waals surface area contributed by atoms with Crippen LogP contribution >= 0.6 is 0 Å². The van der Waals surface area contributed by atoms with Crippen molar-refractivity contribution in [1.29, 1.82) is 0 Å². The van der Waals surface area contributed by atoms with E-state index >= 15 is 0 Å². The molecule has 0 unspecified atom stereocenters. The van der Waals surface area contributed by atoms with Crippen LogP contribution in [0.25, 0.3) is 22.5 Å². The fourth-order valence-electron chi connectivity index (χ4n) is 4.13. The van der Waals surface area contributed by atoms with E-state index in [1.807, 2.05) is 50.2 Å². The Morgan fingerprint density at radius 2 is 1.26 bits per heavy atom. The number of nitrogens with zero attached hydrogens (tertiary/aromatic N) is 2. The molecule has 0 N–H and O–H groups in total. The molecule has 0 saturated carbocycles. The van der Waals surface area contributed by atoms with Crippen molar-refractivity contribution < 1.29 is 19.0 Å². The van der Waals surface area contributed by atoms with Gasteiger partial charge >= 0.3 is 6.16 Å². The minimum atomic E-state index is -0.740. The van der Waals surface area contributed by atoms with Crippen molar-refractivity contribution in [2.75, 3.05) is 13.2 Å². The molecule has 1 heterocycles. The molecule has 0 aliphatic rings. The number of carbonyl (C=O) groups is 1. The van der Waals surface area contributed by atoms with Crippen molar-refractivity contribution in [3.05, 3.63) is 60.9 Å². The highest BCUT2D eigenvalue weighted by atomic mass is 16.7.